The molecule has 1 amide bonds. The highest BCUT2D eigenvalue weighted by atomic mass is 79.9. The van der Waals surface area contributed by atoms with Gasteiger partial charge in [-0.15, -0.1) is 0 Å². The Balaban J connectivity index is 1.83. The lowest BCUT2D eigenvalue weighted by molar-refractivity contribution is 0.0777. The van der Waals surface area contributed by atoms with Crippen molar-refractivity contribution >= 4 is 21.8 Å². The van der Waals surface area contributed by atoms with Gasteiger partial charge in [-0.1, -0.05) is 28.9 Å². The molecule has 2 heterocycles. The van der Waals surface area contributed by atoms with Crippen LogP contribution in [-0.4, -0.2) is 40.6 Å². The molecule has 0 spiro atoms. The lowest BCUT2D eigenvalue weighted by Crippen LogP contribution is -2.29. The summed E-state index contributed by atoms with van der Waals surface area (Å²) in [5.41, 5.74) is 0.434. The standard InChI is InChI=1S/C18H19BrN2O3/c1-12-9-21(10-13(12)11-22)18(23)16-6-3-7-20-17(16)24-15-5-2-4-14(19)8-15/h2-8,12-13,22H,9-11H2,1H3/t12-,13+/m1/s1. The lowest BCUT2D eigenvalue weighted by atomic mass is 10.00. The summed E-state index contributed by atoms with van der Waals surface area (Å²) >= 11 is 3.40. The van der Waals surface area contributed by atoms with Crippen molar-refractivity contribution < 1.29 is 14.6 Å². The molecule has 2 atom stereocenters. The second-order valence-corrected chi connectivity index (χ2v) is 6.96. The summed E-state index contributed by atoms with van der Waals surface area (Å²) in [4.78, 5) is 18.8. The van der Waals surface area contributed by atoms with Crippen molar-refractivity contribution in [1.82, 2.24) is 9.88 Å². The molecule has 1 aromatic heterocycles. The highest BCUT2D eigenvalue weighted by molar-refractivity contribution is 9.10. The largest absolute Gasteiger partial charge is 0.438 e. The summed E-state index contributed by atoms with van der Waals surface area (Å²) < 4.78 is 6.70. The van der Waals surface area contributed by atoms with E-state index in [0.717, 1.165) is 4.47 Å². The van der Waals surface area contributed by atoms with Crippen molar-refractivity contribution in [2.75, 3.05) is 19.7 Å². The van der Waals surface area contributed by atoms with Gasteiger partial charge < -0.3 is 14.7 Å². The van der Waals surface area contributed by atoms with Crippen LogP contribution in [0.15, 0.2) is 47.1 Å². The zero-order valence-corrected chi connectivity index (χ0v) is 14.9. The number of pyridine rings is 1. The number of halogens is 1. The predicted molar refractivity (Wildman–Crippen MR) is 94.1 cm³/mol. The Hall–Kier alpha value is -1.92. The van der Waals surface area contributed by atoms with E-state index in [2.05, 4.69) is 27.8 Å². The van der Waals surface area contributed by atoms with Crippen molar-refractivity contribution in [1.29, 1.82) is 0 Å². The molecule has 0 bridgehead atoms. The first-order valence-corrected chi connectivity index (χ1v) is 8.66. The van der Waals surface area contributed by atoms with Gasteiger partial charge in [-0.2, -0.15) is 0 Å². The molecule has 24 heavy (non-hydrogen) atoms. The maximum atomic E-state index is 12.8. The quantitative estimate of drug-likeness (QED) is 0.869. The van der Waals surface area contributed by atoms with Crippen LogP contribution in [0.1, 0.15) is 17.3 Å². The van der Waals surface area contributed by atoms with E-state index in [-0.39, 0.29) is 24.3 Å². The highest BCUT2D eigenvalue weighted by Crippen LogP contribution is 2.29. The van der Waals surface area contributed by atoms with Gasteiger partial charge in [0.05, 0.1) is 0 Å². The molecular formula is C18H19BrN2O3. The van der Waals surface area contributed by atoms with E-state index in [1.54, 1.807) is 23.2 Å². The SMILES string of the molecule is C[C@@H]1CN(C(=O)c2cccnc2Oc2cccc(Br)c2)C[C@H]1CO. The molecule has 5 nitrogen and oxygen atoms in total. The fraction of sp³-hybridized carbons (Fsp3) is 0.333. The van der Waals surface area contributed by atoms with Crippen LogP contribution in [0.4, 0.5) is 0 Å². The molecule has 0 saturated carbocycles. The third kappa shape index (κ3) is 3.60. The lowest BCUT2D eigenvalue weighted by Gasteiger charge is -2.18. The van der Waals surface area contributed by atoms with Crippen LogP contribution in [0.5, 0.6) is 11.6 Å². The zero-order valence-electron chi connectivity index (χ0n) is 13.4. The van der Waals surface area contributed by atoms with Gasteiger partial charge in [0, 0.05) is 36.3 Å². The van der Waals surface area contributed by atoms with Gasteiger partial charge in [-0.05, 0) is 36.2 Å². The van der Waals surface area contributed by atoms with Crippen molar-refractivity contribution in [3.63, 3.8) is 0 Å². The Morgan fingerprint density at radius 2 is 2.21 bits per heavy atom. The van der Waals surface area contributed by atoms with Crippen LogP contribution < -0.4 is 4.74 Å². The molecular weight excluding hydrogens is 372 g/mol. The average molecular weight is 391 g/mol. The van der Waals surface area contributed by atoms with Crippen LogP contribution in [0, 0.1) is 11.8 Å². The second kappa shape index (κ2) is 7.32. The maximum absolute atomic E-state index is 12.8. The molecule has 1 aromatic carbocycles. The number of likely N-dealkylation sites (tertiary alicyclic amines) is 1. The number of ether oxygens (including phenoxy) is 1. The van der Waals surface area contributed by atoms with Crippen molar-refractivity contribution in [3.05, 3.63) is 52.6 Å². The number of nitrogens with zero attached hydrogens (tertiary/aromatic N) is 2. The molecule has 1 saturated heterocycles. The summed E-state index contributed by atoms with van der Waals surface area (Å²) in [6, 6.07) is 10.8. The first-order chi connectivity index (χ1) is 11.6. The number of benzene rings is 1. The van der Waals surface area contributed by atoms with E-state index < -0.39 is 0 Å². The number of hydrogen-bond donors (Lipinski definition) is 1. The van der Waals surface area contributed by atoms with E-state index in [0.29, 0.717) is 30.3 Å². The zero-order chi connectivity index (χ0) is 17.1. The summed E-state index contributed by atoms with van der Waals surface area (Å²) in [6.07, 6.45) is 1.60. The molecule has 1 aliphatic rings. The topological polar surface area (TPSA) is 62.7 Å². The van der Waals surface area contributed by atoms with E-state index in [4.69, 9.17) is 4.74 Å². The van der Waals surface area contributed by atoms with E-state index in [1.165, 1.54) is 0 Å². The van der Waals surface area contributed by atoms with Gasteiger partial charge >= 0.3 is 0 Å². The Labute approximate surface area is 149 Å². The number of rotatable bonds is 4. The molecule has 3 rings (SSSR count). The Morgan fingerprint density at radius 3 is 2.92 bits per heavy atom. The number of amides is 1. The normalized spacial score (nSPS) is 20.2. The number of aliphatic hydroxyl groups is 1. The fourth-order valence-electron chi connectivity index (χ4n) is 2.89. The Bertz CT molecular complexity index is 738. The maximum Gasteiger partial charge on any atom is 0.259 e. The van der Waals surface area contributed by atoms with Gasteiger partial charge in [-0.3, -0.25) is 4.79 Å². The molecule has 1 aliphatic heterocycles. The van der Waals surface area contributed by atoms with Crippen molar-refractivity contribution in [2.24, 2.45) is 11.8 Å². The number of aromatic nitrogens is 1. The molecule has 0 radical (unpaired) electrons. The van der Waals surface area contributed by atoms with Gasteiger partial charge in [0.15, 0.2) is 0 Å². The molecule has 2 aromatic rings. The smallest absolute Gasteiger partial charge is 0.259 e. The predicted octanol–water partition coefficient (Wildman–Crippen LogP) is 3.34. The molecule has 1 fully saturated rings. The van der Waals surface area contributed by atoms with Crippen LogP contribution in [0.25, 0.3) is 0 Å². The van der Waals surface area contributed by atoms with E-state index >= 15 is 0 Å². The Kier molecular flexibility index (Phi) is 5.16. The first-order valence-electron chi connectivity index (χ1n) is 7.87. The minimum Gasteiger partial charge on any atom is -0.438 e. The first kappa shape index (κ1) is 16.9. The summed E-state index contributed by atoms with van der Waals surface area (Å²) in [5, 5.41) is 9.40. The van der Waals surface area contributed by atoms with Crippen LogP contribution >= 0.6 is 15.9 Å². The van der Waals surface area contributed by atoms with E-state index in [1.807, 2.05) is 24.3 Å². The summed E-state index contributed by atoms with van der Waals surface area (Å²) in [7, 11) is 0. The Morgan fingerprint density at radius 1 is 1.38 bits per heavy atom. The molecule has 0 unspecified atom stereocenters. The number of carbonyl (C=O) groups is 1. The number of carbonyl (C=O) groups excluding carboxylic acids is 1. The highest BCUT2D eigenvalue weighted by Gasteiger charge is 2.33. The number of aliphatic hydroxyl groups excluding tert-OH is 1. The third-order valence-electron chi connectivity index (χ3n) is 4.30. The molecule has 6 heteroatoms. The van der Waals surface area contributed by atoms with Gasteiger partial charge in [-0.25, -0.2) is 4.98 Å². The average Bonchev–Trinajstić information content (AvgIpc) is 2.96. The van der Waals surface area contributed by atoms with E-state index in [9.17, 15) is 9.90 Å². The molecule has 126 valence electrons. The van der Waals surface area contributed by atoms with Crippen LogP contribution in [0.2, 0.25) is 0 Å². The fourth-order valence-corrected chi connectivity index (χ4v) is 3.26. The van der Waals surface area contributed by atoms with Crippen molar-refractivity contribution in [2.45, 2.75) is 6.92 Å². The van der Waals surface area contributed by atoms with Gasteiger partial charge in [0.25, 0.3) is 5.91 Å². The second-order valence-electron chi connectivity index (χ2n) is 6.05. The molecule has 0 aliphatic carbocycles. The minimum absolute atomic E-state index is 0.0966. The monoisotopic (exact) mass is 390 g/mol. The summed E-state index contributed by atoms with van der Waals surface area (Å²) in [5.74, 6) is 1.20. The van der Waals surface area contributed by atoms with Crippen LogP contribution in [-0.2, 0) is 0 Å². The third-order valence-corrected chi connectivity index (χ3v) is 4.80. The summed E-state index contributed by atoms with van der Waals surface area (Å²) in [6.45, 7) is 3.34. The minimum atomic E-state index is -0.115. The molecule has 1 N–H and O–H groups in total. The van der Waals surface area contributed by atoms with Crippen molar-refractivity contribution in [3.8, 4) is 11.6 Å². The van der Waals surface area contributed by atoms with Gasteiger partial charge in [0.2, 0.25) is 5.88 Å². The van der Waals surface area contributed by atoms with Gasteiger partial charge in [0.1, 0.15) is 11.3 Å². The van der Waals surface area contributed by atoms with Crippen LogP contribution in [0.3, 0.4) is 0 Å². The number of hydrogen-bond acceptors (Lipinski definition) is 4.